The normalized spacial score (nSPS) is 17.0. The molecule has 0 radical (unpaired) electrons. The first-order valence-electron chi connectivity index (χ1n) is 14.5. The minimum absolute atomic E-state index is 0.0935. The summed E-state index contributed by atoms with van der Waals surface area (Å²) < 4.78 is 11.7. The van der Waals surface area contributed by atoms with Crippen molar-refractivity contribution in [3.05, 3.63) is 126 Å². The first-order chi connectivity index (χ1) is 20.0. The van der Waals surface area contributed by atoms with E-state index in [0.717, 1.165) is 27.6 Å². The van der Waals surface area contributed by atoms with Crippen LogP contribution in [0.1, 0.15) is 55.1 Å². The summed E-state index contributed by atoms with van der Waals surface area (Å²) in [6.45, 7) is 8.91. The van der Waals surface area contributed by atoms with Gasteiger partial charge in [-0.3, -0.25) is 4.79 Å². The van der Waals surface area contributed by atoms with Crippen LogP contribution in [0.3, 0.4) is 0 Å². The molecule has 0 aromatic heterocycles. The molecule has 4 aromatic carbocycles. The Morgan fingerprint density at radius 1 is 0.854 bits per heavy atom. The van der Waals surface area contributed by atoms with Gasteiger partial charge in [0.05, 0.1) is 7.11 Å². The summed E-state index contributed by atoms with van der Waals surface area (Å²) in [5, 5.41) is 0. The fourth-order valence-corrected chi connectivity index (χ4v) is 6.49. The molecule has 0 amide bonds. The van der Waals surface area contributed by atoms with Gasteiger partial charge in [0, 0.05) is 21.4 Å². The van der Waals surface area contributed by atoms with Crippen LogP contribution in [0.5, 0.6) is 5.75 Å². The zero-order valence-electron chi connectivity index (χ0n) is 24.7. The lowest BCUT2D eigenvalue weighted by Gasteiger charge is -2.36. The van der Waals surface area contributed by atoms with Gasteiger partial charge in [0.15, 0.2) is 5.78 Å². The summed E-state index contributed by atoms with van der Waals surface area (Å²) in [5.41, 5.74) is 2.97. The Bertz CT molecular complexity index is 1320. The van der Waals surface area contributed by atoms with Crippen LogP contribution in [-0.4, -0.2) is 37.3 Å². The summed E-state index contributed by atoms with van der Waals surface area (Å²) in [4.78, 5) is 16.0. The fourth-order valence-electron chi connectivity index (χ4n) is 5.67. The highest BCUT2D eigenvalue weighted by Gasteiger charge is 2.56. The van der Waals surface area contributed by atoms with Gasteiger partial charge >= 0.3 is 7.05 Å². The number of hydrogen-bond donors (Lipinski definition) is 0. The van der Waals surface area contributed by atoms with Crippen LogP contribution in [-0.2, 0) is 10.3 Å². The second-order valence-corrected chi connectivity index (χ2v) is 11.1. The number of carbonyl (C=O) groups excluding carboxylic acids is 1. The molecule has 0 spiro atoms. The molecule has 0 N–H and O–H groups in total. The summed E-state index contributed by atoms with van der Waals surface area (Å²) in [7, 11) is 1.83. The highest BCUT2D eigenvalue weighted by Crippen LogP contribution is 2.48. The van der Waals surface area contributed by atoms with Gasteiger partial charge in [-0.2, -0.15) is 0 Å². The highest BCUT2D eigenvalue weighted by atomic mass is 32.2. The molecule has 2 heterocycles. The minimum atomic E-state index is -0.321. The molecule has 0 aliphatic carbocycles. The maximum atomic E-state index is 11.2. The Labute approximate surface area is 250 Å². The minimum Gasteiger partial charge on any atom is -0.497 e. The molecule has 6 rings (SSSR count). The first kappa shape index (κ1) is 30.6. The van der Waals surface area contributed by atoms with Crippen LogP contribution in [0.2, 0.25) is 6.82 Å². The van der Waals surface area contributed by atoms with E-state index in [1.54, 1.807) is 25.8 Å². The van der Waals surface area contributed by atoms with Gasteiger partial charge < -0.3 is 14.2 Å². The maximum Gasteiger partial charge on any atom is 0.380 e. The quantitative estimate of drug-likeness (QED) is 0.173. The SMILES string of the molecule is CB1OC(c2ccccc2)(c2ccccc2)C2CCCN12.CC.COc1ccc(Sc2ccc(C(C)=O)cc2)cc1. The van der Waals surface area contributed by atoms with Crippen molar-refractivity contribution in [2.24, 2.45) is 0 Å². The van der Waals surface area contributed by atoms with Crippen LogP contribution in [0, 0.1) is 0 Å². The first-order valence-corrected chi connectivity index (χ1v) is 15.3. The van der Waals surface area contributed by atoms with Gasteiger partial charge in [-0.25, -0.2) is 0 Å². The van der Waals surface area contributed by atoms with Crippen LogP contribution >= 0.6 is 11.8 Å². The third-order valence-corrected chi connectivity index (χ3v) is 8.56. The standard InChI is InChI=1S/C18H20BNO.C15H14O2S.C2H6/c1-19-20-14-8-13-17(20)18(21-19,15-9-4-2-5-10-15)16-11-6-3-7-12-16;1-11(16)12-3-7-14(8-4-12)18-15-9-5-13(17-2)6-10-15;1-2/h2-7,9-12,17H,8,13-14H2,1H3;3-10H,1-2H3;1-2H3. The number of methoxy groups -OCH3 is 1. The Kier molecular flexibility index (Phi) is 10.9. The Balaban J connectivity index is 0.000000181. The number of fused-ring (bicyclic) bond motifs is 1. The van der Waals surface area contributed by atoms with E-state index >= 15 is 0 Å². The zero-order valence-corrected chi connectivity index (χ0v) is 25.6. The fraction of sp³-hybridized carbons (Fsp3) is 0.286. The van der Waals surface area contributed by atoms with Crippen molar-refractivity contribution in [3.63, 3.8) is 0 Å². The molecule has 1 unspecified atom stereocenters. The van der Waals surface area contributed by atoms with Crippen LogP contribution in [0.25, 0.3) is 0 Å². The molecular formula is C35H40BNO3S. The van der Waals surface area contributed by atoms with Crippen LogP contribution < -0.4 is 4.74 Å². The van der Waals surface area contributed by atoms with Crippen molar-refractivity contribution in [3.8, 4) is 5.75 Å². The lowest BCUT2D eigenvalue weighted by molar-refractivity contribution is 0.101. The zero-order chi connectivity index (χ0) is 29.2. The van der Waals surface area contributed by atoms with E-state index in [2.05, 4.69) is 72.3 Å². The van der Waals surface area contributed by atoms with Crippen molar-refractivity contribution in [1.82, 2.24) is 4.81 Å². The van der Waals surface area contributed by atoms with E-state index in [1.807, 2.05) is 62.4 Å². The number of ether oxygens (including phenoxy) is 1. The summed E-state index contributed by atoms with van der Waals surface area (Å²) in [6.07, 6.45) is 2.47. The summed E-state index contributed by atoms with van der Waals surface area (Å²) in [6, 6.07) is 37.4. The molecule has 0 saturated carbocycles. The molecule has 2 aliphatic rings. The number of benzene rings is 4. The van der Waals surface area contributed by atoms with Crippen molar-refractivity contribution >= 4 is 24.6 Å². The smallest absolute Gasteiger partial charge is 0.380 e. The topological polar surface area (TPSA) is 38.8 Å². The predicted molar refractivity (Wildman–Crippen MR) is 171 cm³/mol. The van der Waals surface area contributed by atoms with Gasteiger partial charge in [-0.15, -0.1) is 0 Å². The highest BCUT2D eigenvalue weighted by molar-refractivity contribution is 7.99. The lowest BCUT2D eigenvalue weighted by Crippen LogP contribution is -2.41. The van der Waals surface area contributed by atoms with Crippen molar-refractivity contribution in [1.29, 1.82) is 0 Å². The molecule has 2 aliphatic heterocycles. The molecule has 2 saturated heterocycles. The van der Waals surface area contributed by atoms with Crippen LogP contribution in [0.15, 0.2) is 119 Å². The molecule has 41 heavy (non-hydrogen) atoms. The average molecular weight is 566 g/mol. The van der Waals surface area contributed by atoms with Gasteiger partial charge in [0.2, 0.25) is 0 Å². The number of hydrogen-bond acceptors (Lipinski definition) is 5. The second kappa shape index (κ2) is 14.5. The van der Waals surface area contributed by atoms with Crippen LogP contribution in [0.4, 0.5) is 0 Å². The summed E-state index contributed by atoms with van der Waals surface area (Å²) >= 11 is 1.66. The number of ketones is 1. The average Bonchev–Trinajstić information content (AvgIpc) is 3.63. The number of Topliss-reactive ketones (excluding diaryl/α,β-unsaturated/α-hetero) is 1. The van der Waals surface area contributed by atoms with Gasteiger partial charge in [-0.05, 0) is 80.7 Å². The predicted octanol–water partition coefficient (Wildman–Crippen LogP) is 8.62. The van der Waals surface area contributed by atoms with Crippen molar-refractivity contribution < 1.29 is 14.2 Å². The molecule has 2 fully saturated rings. The molecule has 1 atom stereocenters. The molecule has 4 aromatic rings. The van der Waals surface area contributed by atoms with Gasteiger partial charge in [-0.1, -0.05) is 98.4 Å². The Hall–Kier alpha value is -3.32. The second-order valence-electron chi connectivity index (χ2n) is 9.94. The van der Waals surface area contributed by atoms with E-state index in [9.17, 15) is 4.79 Å². The molecular weight excluding hydrogens is 525 g/mol. The largest absolute Gasteiger partial charge is 0.497 e. The molecule has 6 heteroatoms. The summed E-state index contributed by atoms with van der Waals surface area (Å²) in [5.74, 6) is 0.947. The Morgan fingerprint density at radius 2 is 1.37 bits per heavy atom. The van der Waals surface area contributed by atoms with Gasteiger partial charge in [0.1, 0.15) is 11.4 Å². The van der Waals surface area contributed by atoms with E-state index in [-0.39, 0.29) is 18.4 Å². The maximum absolute atomic E-state index is 11.2. The third-order valence-electron chi connectivity index (χ3n) is 7.55. The van der Waals surface area contributed by atoms with E-state index in [0.29, 0.717) is 6.04 Å². The lowest BCUT2D eigenvalue weighted by atomic mass is 9.79. The van der Waals surface area contributed by atoms with E-state index in [1.165, 1.54) is 24.0 Å². The third kappa shape index (κ3) is 6.95. The molecule has 0 bridgehead atoms. The molecule has 212 valence electrons. The molecule has 4 nitrogen and oxygen atoms in total. The van der Waals surface area contributed by atoms with E-state index in [4.69, 9.17) is 9.39 Å². The van der Waals surface area contributed by atoms with Crippen molar-refractivity contribution in [2.45, 2.75) is 61.9 Å². The van der Waals surface area contributed by atoms with E-state index < -0.39 is 0 Å². The Morgan fingerprint density at radius 3 is 1.85 bits per heavy atom. The van der Waals surface area contributed by atoms with Crippen molar-refractivity contribution in [2.75, 3.05) is 13.7 Å². The number of carbonyl (C=O) groups is 1. The van der Waals surface area contributed by atoms with Gasteiger partial charge in [0.25, 0.3) is 0 Å². The number of nitrogens with zero attached hydrogens (tertiary/aromatic N) is 1. The number of rotatable bonds is 6. The monoisotopic (exact) mass is 565 g/mol.